The van der Waals surface area contributed by atoms with Gasteiger partial charge in [0.1, 0.15) is 11.9 Å². The van der Waals surface area contributed by atoms with Crippen LogP contribution in [0.2, 0.25) is 5.15 Å². The van der Waals surface area contributed by atoms with E-state index < -0.39 is 0 Å². The number of carbonyl (C=O) groups is 1. The van der Waals surface area contributed by atoms with E-state index in [0.29, 0.717) is 12.4 Å². The van der Waals surface area contributed by atoms with Crippen LogP contribution < -0.4 is 14.7 Å². The maximum Gasteiger partial charge on any atom is 0.214 e. The fourth-order valence-electron chi connectivity index (χ4n) is 3.38. The van der Waals surface area contributed by atoms with E-state index in [4.69, 9.17) is 16.9 Å². The van der Waals surface area contributed by atoms with Gasteiger partial charge in [-0.3, -0.25) is 4.79 Å². The molecule has 0 saturated carbocycles. The molecule has 140 valence electrons. The molecule has 8 heteroatoms. The zero-order valence-corrected chi connectivity index (χ0v) is 16.1. The van der Waals surface area contributed by atoms with E-state index in [1.807, 2.05) is 49.3 Å². The lowest BCUT2D eigenvalue weighted by molar-refractivity contribution is -0.107. The third-order valence-electron chi connectivity index (χ3n) is 4.69. The van der Waals surface area contributed by atoms with E-state index in [2.05, 4.69) is 14.9 Å². The summed E-state index contributed by atoms with van der Waals surface area (Å²) >= 11 is 6.03. The lowest BCUT2D eigenvalue weighted by atomic mass is 10.0. The molecule has 1 aromatic carbocycles. The number of hydrogen-bond acceptors (Lipinski definition) is 6. The van der Waals surface area contributed by atoms with E-state index in [0.717, 1.165) is 37.2 Å². The molecule has 0 N–H and O–H groups in total. The van der Waals surface area contributed by atoms with Crippen LogP contribution >= 0.6 is 11.6 Å². The van der Waals surface area contributed by atoms with Crippen molar-refractivity contribution in [2.24, 2.45) is 0 Å². The van der Waals surface area contributed by atoms with Gasteiger partial charge in [0.15, 0.2) is 10.8 Å². The molecule has 1 unspecified atom stereocenters. The summed E-state index contributed by atoms with van der Waals surface area (Å²) in [6, 6.07) is 9.78. The Hall–Kier alpha value is -2.85. The number of amides is 1. The smallest absolute Gasteiger partial charge is 0.214 e. The fourth-order valence-corrected chi connectivity index (χ4v) is 3.55. The Morgan fingerprint density at radius 1 is 1.33 bits per heavy atom. The van der Waals surface area contributed by atoms with Crippen molar-refractivity contribution in [1.82, 2.24) is 9.97 Å². The Kier molecular flexibility index (Phi) is 5.77. The minimum Gasteiger partial charge on any atom is -0.376 e. The Bertz CT molecular complexity index is 866. The second-order valence-corrected chi connectivity index (χ2v) is 6.98. The molecule has 0 radical (unpaired) electrons. The van der Waals surface area contributed by atoms with Crippen LogP contribution in [0.25, 0.3) is 0 Å². The highest BCUT2D eigenvalue weighted by molar-refractivity contribution is 6.30. The van der Waals surface area contributed by atoms with Gasteiger partial charge in [0.25, 0.3) is 0 Å². The number of benzene rings is 1. The molecule has 3 rings (SSSR count). The second kappa shape index (κ2) is 8.23. The molecular formula is C19H21ClN6O. The molecule has 1 amide bonds. The lowest BCUT2D eigenvalue weighted by Gasteiger charge is -2.39. The zero-order valence-electron chi connectivity index (χ0n) is 15.3. The van der Waals surface area contributed by atoms with Gasteiger partial charge in [0, 0.05) is 27.2 Å². The van der Waals surface area contributed by atoms with Gasteiger partial charge >= 0.3 is 0 Å². The molecule has 0 spiro atoms. The molecule has 0 bridgehead atoms. The van der Waals surface area contributed by atoms with Gasteiger partial charge < -0.3 is 14.7 Å². The SMILES string of the molecule is CN(C)c1ccccc1N(C=O)C1CCCN(c2cnc(C#N)c(Cl)n2)C1. The van der Waals surface area contributed by atoms with Gasteiger partial charge in [0.05, 0.1) is 23.6 Å². The lowest BCUT2D eigenvalue weighted by Crippen LogP contribution is -2.48. The first-order valence-corrected chi connectivity index (χ1v) is 9.10. The highest BCUT2D eigenvalue weighted by Crippen LogP contribution is 2.31. The van der Waals surface area contributed by atoms with Crippen LogP contribution in [0.4, 0.5) is 17.2 Å². The topological polar surface area (TPSA) is 76.4 Å². The minimum atomic E-state index is 0.00793. The highest BCUT2D eigenvalue weighted by Gasteiger charge is 2.28. The predicted molar refractivity (Wildman–Crippen MR) is 106 cm³/mol. The summed E-state index contributed by atoms with van der Waals surface area (Å²) in [7, 11) is 3.92. The van der Waals surface area contributed by atoms with E-state index in [1.165, 1.54) is 0 Å². The number of piperidine rings is 1. The second-order valence-electron chi connectivity index (χ2n) is 6.62. The Morgan fingerprint density at radius 3 is 2.70 bits per heavy atom. The maximum atomic E-state index is 12.0. The van der Waals surface area contributed by atoms with Gasteiger partial charge in [-0.1, -0.05) is 23.7 Å². The molecular weight excluding hydrogens is 364 g/mol. The molecule has 1 fully saturated rings. The normalized spacial score (nSPS) is 16.5. The standard InChI is InChI=1S/C19H21ClN6O/c1-24(2)16-7-3-4-8-17(16)26(13-27)14-6-5-9-25(12-14)18-11-22-15(10-21)19(20)23-18/h3-4,7-8,11,13-14H,5-6,9,12H2,1-2H3. The maximum absolute atomic E-state index is 12.0. The molecule has 1 aliphatic rings. The molecule has 1 aromatic heterocycles. The third kappa shape index (κ3) is 3.96. The van der Waals surface area contributed by atoms with Crippen molar-refractivity contribution in [3.63, 3.8) is 0 Å². The van der Waals surface area contributed by atoms with Gasteiger partial charge in [-0.15, -0.1) is 0 Å². The van der Waals surface area contributed by atoms with Gasteiger partial charge in [-0.25, -0.2) is 9.97 Å². The van der Waals surface area contributed by atoms with Crippen LogP contribution in [-0.2, 0) is 4.79 Å². The number of nitrogens with zero attached hydrogens (tertiary/aromatic N) is 6. The van der Waals surface area contributed by atoms with Crippen LogP contribution in [-0.4, -0.2) is 49.6 Å². The average Bonchev–Trinajstić information content (AvgIpc) is 2.69. The number of anilines is 3. The zero-order chi connectivity index (χ0) is 19.4. The quantitative estimate of drug-likeness (QED) is 0.738. The van der Waals surface area contributed by atoms with Gasteiger partial charge in [0.2, 0.25) is 6.41 Å². The van der Waals surface area contributed by atoms with E-state index in [1.54, 1.807) is 11.1 Å². The minimum absolute atomic E-state index is 0.00793. The largest absolute Gasteiger partial charge is 0.376 e. The predicted octanol–water partition coefficient (Wildman–Crippen LogP) is 2.70. The number of halogens is 1. The molecule has 1 aliphatic heterocycles. The van der Waals surface area contributed by atoms with Crippen molar-refractivity contribution in [1.29, 1.82) is 5.26 Å². The average molecular weight is 385 g/mol. The van der Waals surface area contributed by atoms with Crippen LogP contribution in [0.5, 0.6) is 0 Å². The third-order valence-corrected chi connectivity index (χ3v) is 4.96. The first-order chi connectivity index (χ1) is 13.0. The molecule has 2 heterocycles. The molecule has 1 saturated heterocycles. The fraction of sp³-hybridized carbons (Fsp3) is 0.368. The van der Waals surface area contributed by atoms with Crippen molar-refractivity contribution in [3.8, 4) is 6.07 Å². The number of aromatic nitrogens is 2. The van der Waals surface area contributed by atoms with Crippen molar-refractivity contribution in [2.75, 3.05) is 41.9 Å². The van der Waals surface area contributed by atoms with E-state index in [-0.39, 0.29) is 16.9 Å². The Balaban J connectivity index is 1.86. The summed E-state index contributed by atoms with van der Waals surface area (Å²) in [5, 5.41) is 9.06. The first kappa shape index (κ1) is 18.9. The van der Waals surface area contributed by atoms with Crippen LogP contribution in [0.15, 0.2) is 30.5 Å². The van der Waals surface area contributed by atoms with Gasteiger partial charge in [-0.05, 0) is 25.0 Å². The molecule has 7 nitrogen and oxygen atoms in total. The Labute approximate surface area is 163 Å². The molecule has 27 heavy (non-hydrogen) atoms. The summed E-state index contributed by atoms with van der Waals surface area (Å²) in [5.74, 6) is 0.621. The summed E-state index contributed by atoms with van der Waals surface area (Å²) in [4.78, 5) is 26.2. The number of hydrogen-bond donors (Lipinski definition) is 0. The van der Waals surface area contributed by atoms with Crippen LogP contribution in [0, 0.1) is 11.3 Å². The summed E-state index contributed by atoms with van der Waals surface area (Å²) < 4.78 is 0. The van der Waals surface area contributed by atoms with Crippen molar-refractivity contribution < 1.29 is 4.79 Å². The number of carbonyl (C=O) groups excluding carboxylic acids is 1. The van der Waals surface area contributed by atoms with E-state index in [9.17, 15) is 4.79 Å². The summed E-state index contributed by atoms with van der Waals surface area (Å²) in [6.07, 6.45) is 4.27. The number of nitriles is 1. The van der Waals surface area contributed by atoms with Gasteiger partial charge in [-0.2, -0.15) is 5.26 Å². The molecule has 0 aliphatic carbocycles. The van der Waals surface area contributed by atoms with Crippen molar-refractivity contribution in [2.45, 2.75) is 18.9 Å². The molecule has 2 aromatic rings. The van der Waals surface area contributed by atoms with Crippen LogP contribution in [0.3, 0.4) is 0 Å². The molecule has 1 atom stereocenters. The van der Waals surface area contributed by atoms with Crippen LogP contribution in [0.1, 0.15) is 18.5 Å². The summed E-state index contributed by atoms with van der Waals surface area (Å²) in [6.45, 7) is 1.42. The monoisotopic (exact) mass is 384 g/mol. The van der Waals surface area contributed by atoms with E-state index >= 15 is 0 Å². The van der Waals surface area contributed by atoms with Crippen molar-refractivity contribution in [3.05, 3.63) is 41.3 Å². The highest BCUT2D eigenvalue weighted by atomic mass is 35.5. The van der Waals surface area contributed by atoms with Crippen molar-refractivity contribution >= 4 is 35.2 Å². The number of rotatable bonds is 5. The first-order valence-electron chi connectivity index (χ1n) is 8.72. The number of para-hydroxylation sites is 2. The Morgan fingerprint density at radius 2 is 2.07 bits per heavy atom. The summed E-state index contributed by atoms with van der Waals surface area (Å²) in [5.41, 5.74) is 1.99.